The van der Waals surface area contributed by atoms with Gasteiger partial charge in [-0.3, -0.25) is 9.59 Å². The van der Waals surface area contributed by atoms with Gasteiger partial charge in [-0.05, 0) is 37.3 Å². The number of benzene rings is 1. The van der Waals surface area contributed by atoms with E-state index in [-0.39, 0.29) is 23.3 Å². The molecule has 1 atom stereocenters. The molecule has 2 amide bonds. The second-order valence-corrected chi connectivity index (χ2v) is 9.89. The van der Waals surface area contributed by atoms with Gasteiger partial charge in [0.25, 0.3) is 5.91 Å². The normalized spacial score (nSPS) is 26.3. The fraction of sp³-hybridized carbons (Fsp3) is 0.667. The minimum Gasteiger partial charge on any atom is -0.484 e. The molecule has 1 aromatic rings. The molecule has 30 heavy (non-hydrogen) atoms. The average molecular weight is 414 g/mol. The van der Waals surface area contributed by atoms with Crippen LogP contribution in [-0.4, -0.2) is 79.4 Å². The standard InChI is InChI=1S/C24H35N3O3/c1-19(2)15-26-17-23(24(18-26)11-12-25(3)22(24)29)9-13-27(14-10-23)21(28)16-30-20-7-5-4-6-8-20/h4-8,19H,9-18H2,1-3H3. The van der Waals surface area contributed by atoms with E-state index >= 15 is 0 Å². The summed E-state index contributed by atoms with van der Waals surface area (Å²) in [5.41, 5.74) is -0.285. The number of carbonyl (C=O) groups excluding carboxylic acids is 2. The summed E-state index contributed by atoms with van der Waals surface area (Å²) in [5, 5.41) is 0. The first-order valence-electron chi connectivity index (χ1n) is 11.3. The van der Waals surface area contributed by atoms with Crippen LogP contribution in [-0.2, 0) is 9.59 Å². The molecule has 0 aromatic heterocycles. The van der Waals surface area contributed by atoms with Crippen molar-refractivity contribution in [2.45, 2.75) is 33.1 Å². The van der Waals surface area contributed by atoms with Gasteiger partial charge in [0.15, 0.2) is 6.61 Å². The number of piperidine rings is 1. The Morgan fingerprint density at radius 3 is 2.37 bits per heavy atom. The molecule has 3 aliphatic heterocycles. The van der Waals surface area contributed by atoms with Crippen LogP contribution in [0.4, 0.5) is 0 Å². The van der Waals surface area contributed by atoms with Crippen molar-refractivity contribution in [3.63, 3.8) is 0 Å². The zero-order chi connectivity index (χ0) is 21.4. The van der Waals surface area contributed by atoms with Gasteiger partial charge in [-0.15, -0.1) is 0 Å². The molecule has 0 bridgehead atoms. The summed E-state index contributed by atoms with van der Waals surface area (Å²) in [6, 6.07) is 9.48. The van der Waals surface area contributed by atoms with E-state index in [4.69, 9.17) is 4.74 Å². The summed E-state index contributed by atoms with van der Waals surface area (Å²) >= 11 is 0. The van der Waals surface area contributed by atoms with Crippen LogP contribution in [0.3, 0.4) is 0 Å². The number of likely N-dealkylation sites (tertiary alicyclic amines) is 3. The third-order valence-electron chi connectivity index (χ3n) is 7.47. The lowest BCUT2D eigenvalue weighted by Crippen LogP contribution is -2.54. The van der Waals surface area contributed by atoms with Crippen molar-refractivity contribution in [2.75, 3.05) is 52.9 Å². The first-order chi connectivity index (χ1) is 14.4. The van der Waals surface area contributed by atoms with E-state index in [0.717, 1.165) is 51.2 Å². The van der Waals surface area contributed by atoms with Crippen LogP contribution in [0.2, 0.25) is 0 Å². The molecule has 6 nitrogen and oxygen atoms in total. The smallest absolute Gasteiger partial charge is 0.260 e. The Hall–Kier alpha value is -2.08. The second kappa shape index (κ2) is 8.22. The first-order valence-corrected chi connectivity index (χ1v) is 11.3. The van der Waals surface area contributed by atoms with E-state index in [1.807, 2.05) is 47.2 Å². The van der Waals surface area contributed by atoms with Gasteiger partial charge < -0.3 is 19.4 Å². The van der Waals surface area contributed by atoms with Crippen molar-refractivity contribution in [3.05, 3.63) is 30.3 Å². The molecule has 1 aromatic carbocycles. The zero-order valence-corrected chi connectivity index (χ0v) is 18.6. The summed E-state index contributed by atoms with van der Waals surface area (Å²) in [6.45, 7) is 9.73. The lowest BCUT2D eigenvalue weighted by molar-refractivity contribution is -0.144. The van der Waals surface area contributed by atoms with Crippen LogP contribution in [0, 0.1) is 16.7 Å². The lowest BCUT2D eigenvalue weighted by Gasteiger charge is -2.47. The SMILES string of the molecule is CC(C)CN1CC2(CCN(C(=O)COc3ccccc3)CC2)C2(CCN(C)C2=O)C1. The van der Waals surface area contributed by atoms with Crippen molar-refractivity contribution in [1.29, 1.82) is 0 Å². The van der Waals surface area contributed by atoms with Gasteiger partial charge in [0, 0.05) is 51.7 Å². The molecule has 3 aliphatic rings. The summed E-state index contributed by atoms with van der Waals surface area (Å²) in [5.74, 6) is 1.66. The summed E-state index contributed by atoms with van der Waals surface area (Å²) in [7, 11) is 1.94. The number of rotatable bonds is 5. The Morgan fingerprint density at radius 2 is 1.77 bits per heavy atom. The second-order valence-electron chi connectivity index (χ2n) is 9.89. The number of nitrogens with zero attached hydrogens (tertiary/aromatic N) is 3. The Bertz CT molecular complexity index is 773. The monoisotopic (exact) mass is 413 g/mol. The van der Waals surface area contributed by atoms with E-state index in [1.54, 1.807) is 0 Å². The Kier molecular flexibility index (Phi) is 5.80. The highest BCUT2D eigenvalue weighted by Gasteiger charge is 2.64. The van der Waals surface area contributed by atoms with Crippen molar-refractivity contribution in [2.24, 2.45) is 16.7 Å². The number of hydrogen-bond donors (Lipinski definition) is 0. The van der Waals surface area contributed by atoms with Gasteiger partial charge in [0.2, 0.25) is 5.91 Å². The van der Waals surface area contributed by atoms with E-state index in [9.17, 15) is 9.59 Å². The molecule has 6 heteroatoms. The van der Waals surface area contributed by atoms with Crippen LogP contribution >= 0.6 is 0 Å². The van der Waals surface area contributed by atoms with Crippen LogP contribution in [0.5, 0.6) is 5.75 Å². The largest absolute Gasteiger partial charge is 0.484 e. The number of para-hydroxylation sites is 1. The van der Waals surface area contributed by atoms with Crippen molar-refractivity contribution >= 4 is 11.8 Å². The summed E-state index contributed by atoms with van der Waals surface area (Å²) in [4.78, 5) is 32.4. The van der Waals surface area contributed by atoms with Gasteiger partial charge in [0.05, 0.1) is 5.41 Å². The molecule has 0 aliphatic carbocycles. The quantitative estimate of drug-likeness (QED) is 0.744. The predicted molar refractivity (Wildman–Crippen MR) is 116 cm³/mol. The highest BCUT2D eigenvalue weighted by atomic mass is 16.5. The Labute approximate surface area is 180 Å². The van der Waals surface area contributed by atoms with E-state index < -0.39 is 0 Å². The van der Waals surface area contributed by atoms with Gasteiger partial charge in [0.1, 0.15) is 5.75 Å². The summed E-state index contributed by atoms with van der Waals surface area (Å²) in [6.07, 6.45) is 2.75. The molecular formula is C24H35N3O3. The molecule has 2 spiro atoms. The van der Waals surface area contributed by atoms with E-state index in [1.165, 1.54) is 0 Å². The van der Waals surface area contributed by atoms with Crippen LogP contribution in [0.1, 0.15) is 33.1 Å². The van der Waals surface area contributed by atoms with E-state index in [0.29, 0.717) is 24.9 Å². The third-order valence-corrected chi connectivity index (χ3v) is 7.47. The fourth-order valence-electron chi connectivity index (χ4n) is 5.98. The van der Waals surface area contributed by atoms with Gasteiger partial charge in [-0.1, -0.05) is 32.0 Å². The molecule has 3 heterocycles. The molecule has 3 fully saturated rings. The van der Waals surface area contributed by atoms with Gasteiger partial charge >= 0.3 is 0 Å². The lowest BCUT2D eigenvalue weighted by atomic mass is 9.60. The number of amides is 2. The summed E-state index contributed by atoms with van der Waals surface area (Å²) < 4.78 is 5.66. The maximum Gasteiger partial charge on any atom is 0.260 e. The molecule has 3 saturated heterocycles. The fourth-order valence-corrected chi connectivity index (χ4v) is 5.98. The molecule has 0 radical (unpaired) electrons. The molecule has 164 valence electrons. The van der Waals surface area contributed by atoms with E-state index in [2.05, 4.69) is 18.7 Å². The first kappa shape index (κ1) is 21.2. The minimum absolute atomic E-state index is 0.0131. The maximum absolute atomic E-state index is 13.3. The maximum atomic E-state index is 13.3. The van der Waals surface area contributed by atoms with Crippen LogP contribution in [0.15, 0.2) is 30.3 Å². The van der Waals surface area contributed by atoms with Gasteiger partial charge in [-0.2, -0.15) is 0 Å². The van der Waals surface area contributed by atoms with Crippen molar-refractivity contribution < 1.29 is 14.3 Å². The molecule has 4 rings (SSSR count). The zero-order valence-electron chi connectivity index (χ0n) is 18.6. The number of fused-ring (bicyclic) bond motifs is 1. The Morgan fingerprint density at radius 1 is 1.07 bits per heavy atom. The van der Waals surface area contributed by atoms with Crippen LogP contribution < -0.4 is 4.74 Å². The molecule has 1 unspecified atom stereocenters. The third kappa shape index (κ3) is 3.70. The average Bonchev–Trinajstić information content (AvgIpc) is 3.19. The number of carbonyl (C=O) groups is 2. The van der Waals surface area contributed by atoms with Crippen molar-refractivity contribution in [3.8, 4) is 5.75 Å². The van der Waals surface area contributed by atoms with Gasteiger partial charge in [-0.25, -0.2) is 0 Å². The molecular weight excluding hydrogens is 378 g/mol. The highest BCUT2D eigenvalue weighted by Crippen LogP contribution is 2.57. The van der Waals surface area contributed by atoms with Crippen molar-refractivity contribution in [1.82, 2.24) is 14.7 Å². The molecule has 0 saturated carbocycles. The Balaban J connectivity index is 1.43. The van der Waals surface area contributed by atoms with Crippen LogP contribution in [0.25, 0.3) is 0 Å². The highest BCUT2D eigenvalue weighted by molar-refractivity contribution is 5.86. The minimum atomic E-state index is -0.272. The number of hydrogen-bond acceptors (Lipinski definition) is 4. The topological polar surface area (TPSA) is 53.1 Å². The molecule has 0 N–H and O–H groups in total. The number of ether oxygens (including phenoxy) is 1. The predicted octanol–water partition coefficient (Wildman–Crippen LogP) is 2.49.